The van der Waals surface area contributed by atoms with E-state index in [0.29, 0.717) is 13.0 Å². The zero-order chi connectivity index (χ0) is 19.4. The van der Waals surface area contributed by atoms with Crippen LogP contribution >= 0.6 is 11.3 Å². The van der Waals surface area contributed by atoms with Crippen LogP contribution in [0.3, 0.4) is 0 Å². The quantitative estimate of drug-likeness (QED) is 0.694. The maximum atomic E-state index is 12.5. The fraction of sp³-hybridized carbons (Fsp3) is 0.278. The molecule has 0 atom stereocenters. The van der Waals surface area contributed by atoms with Gasteiger partial charge in [0.2, 0.25) is 5.91 Å². The molecule has 0 fully saturated rings. The summed E-state index contributed by atoms with van der Waals surface area (Å²) in [6, 6.07) is 8.75. The SMILES string of the molecule is Cc1nc(-c2ccc(CCNC(=O)Cn3ccc(C(F)(F)F)n3)cc2)cs1. The summed E-state index contributed by atoms with van der Waals surface area (Å²) in [6.45, 7) is 2.10. The van der Waals surface area contributed by atoms with E-state index in [1.165, 1.54) is 0 Å². The zero-order valence-corrected chi connectivity index (χ0v) is 15.3. The van der Waals surface area contributed by atoms with Crippen molar-refractivity contribution < 1.29 is 18.0 Å². The van der Waals surface area contributed by atoms with Gasteiger partial charge in [-0.3, -0.25) is 9.48 Å². The van der Waals surface area contributed by atoms with Gasteiger partial charge >= 0.3 is 6.18 Å². The fourth-order valence-corrected chi connectivity index (χ4v) is 3.11. The number of hydrogen-bond acceptors (Lipinski definition) is 4. The molecule has 1 N–H and O–H groups in total. The molecule has 0 aliphatic carbocycles. The number of halogens is 3. The molecule has 3 rings (SSSR count). The summed E-state index contributed by atoms with van der Waals surface area (Å²) in [5.41, 5.74) is 2.01. The lowest BCUT2D eigenvalue weighted by atomic mass is 10.1. The molecule has 3 aromatic rings. The molecule has 142 valence electrons. The molecule has 2 heterocycles. The molecule has 0 saturated heterocycles. The number of carbonyl (C=O) groups is 1. The smallest absolute Gasteiger partial charge is 0.354 e. The van der Waals surface area contributed by atoms with Gasteiger partial charge in [0.15, 0.2) is 5.69 Å². The van der Waals surface area contributed by atoms with Gasteiger partial charge in [0, 0.05) is 23.7 Å². The molecule has 9 heteroatoms. The van der Waals surface area contributed by atoms with Crippen LogP contribution < -0.4 is 5.32 Å². The molecule has 1 amide bonds. The van der Waals surface area contributed by atoms with E-state index < -0.39 is 11.9 Å². The van der Waals surface area contributed by atoms with Gasteiger partial charge in [0.25, 0.3) is 0 Å². The number of thiazole rings is 1. The Bertz CT molecular complexity index is 915. The Hall–Kier alpha value is -2.68. The summed E-state index contributed by atoms with van der Waals surface area (Å²) in [7, 11) is 0. The van der Waals surface area contributed by atoms with Gasteiger partial charge in [-0.05, 0) is 25.0 Å². The number of aryl methyl sites for hydroxylation is 1. The lowest BCUT2D eigenvalue weighted by Gasteiger charge is -2.07. The average Bonchev–Trinajstić information content (AvgIpc) is 3.24. The number of hydrogen-bond donors (Lipinski definition) is 1. The van der Waals surface area contributed by atoms with E-state index in [1.807, 2.05) is 36.6 Å². The lowest BCUT2D eigenvalue weighted by Crippen LogP contribution is -2.29. The predicted octanol–water partition coefficient (Wildman–Crippen LogP) is 3.69. The number of benzene rings is 1. The molecule has 0 bridgehead atoms. The summed E-state index contributed by atoms with van der Waals surface area (Å²) in [4.78, 5) is 16.3. The molecule has 0 aliphatic rings. The average molecular weight is 394 g/mol. The third-order valence-corrected chi connectivity index (χ3v) is 4.61. The molecule has 0 saturated carbocycles. The Balaban J connectivity index is 1.46. The summed E-state index contributed by atoms with van der Waals surface area (Å²) in [5.74, 6) is -0.388. The van der Waals surface area contributed by atoms with Crippen LogP contribution in [0, 0.1) is 6.92 Å². The molecule has 2 aromatic heterocycles. The van der Waals surface area contributed by atoms with Crippen LogP contribution in [0.15, 0.2) is 41.9 Å². The standard InChI is InChI=1S/C18H17F3N4OS/c1-12-23-15(11-27-12)14-4-2-13(3-5-14)6-8-22-17(26)10-25-9-7-16(24-25)18(19,20)21/h2-5,7,9,11H,6,8,10H2,1H3,(H,22,26). The Morgan fingerprint density at radius 2 is 1.96 bits per heavy atom. The van der Waals surface area contributed by atoms with Crippen LogP contribution in [0.4, 0.5) is 13.2 Å². The van der Waals surface area contributed by atoms with Crippen molar-refractivity contribution in [3.05, 3.63) is 58.2 Å². The van der Waals surface area contributed by atoms with Gasteiger partial charge in [-0.15, -0.1) is 11.3 Å². The lowest BCUT2D eigenvalue weighted by molar-refractivity contribution is -0.141. The fourth-order valence-electron chi connectivity index (χ4n) is 2.49. The monoisotopic (exact) mass is 394 g/mol. The number of nitrogens with zero attached hydrogens (tertiary/aromatic N) is 3. The molecule has 27 heavy (non-hydrogen) atoms. The summed E-state index contributed by atoms with van der Waals surface area (Å²) < 4.78 is 38.4. The maximum absolute atomic E-state index is 12.5. The van der Waals surface area contributed by atoms with Crippen molar-refractivity contribution in [3.63, 3.8) is 0 Å². The van der Waals surface area contributed by atoms with Gasteiger partial charge in [-0.1, -0.05) is 24.3 Å². The summed E-state index contributed by atoms with van der Waals surface area (Å²) in [5, 5.41) is 9.05. The first kappa shape index (κ1) is 19.1. The van der Waals surface area contributed by atoms with Gasteiger partial charge in [0.1, 0.15) is 6.54 Å². The van der Waals surface area contributed by atoms with E-state index in [4.69, 9.17) is 0 Å². The molecule has 0 unspecified atom stereocenters. The number of carbonyl (C=O) groups excluding carboxylic acids is 1. The largest absolute Gasteiger partial charge is 0.435 e. The molecule has 0 spiro atoms. The van der Waals surface area contributed by atoms with E-state index in [9.17, 15) is 18.0 Å². The van der Waals surface area contributed by atoms with Crippen LogP contribution in [-0.2, 0) is 23.9 Å². The highest BCUT2D eigenvalue weighted by Gasteiger charge is 2.33. The second-order valence-corrected chi connectivity index (χ2v) is 7.01. The van der Waals surface area contributed by atoms with E-state index in [1.54, 1.807) is 11.3 Å². The Labute approximate surface area is 157 Å². The van der Waals surface area contributed by atoms with Crippen molar-refractivity contribution >= 4 is 17.2 Å². The molecular formula is C18H17F3N4OS. The van der Waals surface area contributed by atoms with E-state index in [2.05, 4.69) is 15.4 Å². The van der Waals surface area contributed by atoms with Gasteiger partial charge in [-0.2, -0.15) is 18.3 Å². The molecule has 0 radical (unpaired) electrons. The third kappa shape index (κ3) is 5.16. The summed E-state index contributed by atoms with van der Waals surface area (Å²) in [6.07, 6.45) is -2.75. The Morgan fingerprint density at radius 3 is 2.56 bits per heavy atom. The number of amides is 1. The van der Waals surface area contributed by atoms with Crippen LogP contribution in [0.5, 0.6) is 0 Å². The topological polar surface area (TPSA) is 59.8 Å². The molecule has 1 aromatic carbocycles. The molecule has 0 aliphatic heterocycles. The Kier molecular flexibility index (Phi) is 5.59. The van der Waals surface area contributed by atoms with Crippen LogP contribution in [-0.4, -0.2) is 27.2 Å². The van der Waals surface area contributed by atoms with Gasteiger partial charge in [0.05, 0.1) is 10.7 Å². The second kappa shape index (κ2) is 7.91. The van der Waals surface area contributed by atoms with E-state index in [0.717, 1.165) is 38.8 Å². The van der Waals surface area contributed by atoms with E-state index in [-0.39, 0.29) is 12.5 Å². The third-order valence-electron chi connectivity index (χ3n) is 3.84. The van der Waals surface area contributed by atoms with Crippen LogP contribution in [0.25, 0.3) is 11.3 Å². The first-order valence-electron chi connectivity index (χ1n) is 8.20. The first-order chi connectivity index (χ1) is 12.8. The number of alkyl halides is 3. The van der Waals surface area contributed by atoms with Gasteiger partial charge < -0.3 is 5.32 Å². The van der Waals surface area contributed by atoms with Crippen LogP contribution in [0.2, 0.25) is 0 Å². The normalized spacial score (nSPS) is 11.6. The number of rotatable bonds is 6. The van der Waals surface area contributed by atoms with Crippen molar-refractivity contribution in [3.8, 4) is 11.3 Å². The minimum absolute atomic E-state index is 0.252. The van der Waals surface area contributed by atoms with Crippen LogP contribution in [0.1, 0.15) is 16.3 Å². The molecule has 5 nitrogen and oxygen atoms in total. The van der Waals surface area contributed by atoms with Crippen molar-refractivity contribution in [1.82, 2.24) is 20.1 Å². The predicted molar refractivity (Wildman–Crippen MR) is 96.2 cm³/mol. The molecular weight excluding hydrogens is 377 g/mol. The highest BCUT2D eigenvalue weighted by molar-refractivity contribution is 7.09. The number of nitrogens with one attached hydrogen (secondary N) is 1. The van der Waals surface area contributed by atoms with Crippen molar-refractivity contribution in [2.45, 2.75) is 26.1 Å². The van der Waals surface area contributed by atoms with Crippen molar-refractivity contribution in [2.75, 3.05) is 6.54 Å². The minimum Gasteiger partial charge on any atom is -0.354 e. The first-order valence-corrected chi connectivity index (χ1v) is 9.08. The summed E-state index contributed by atoms with van der Waals surface area (Å²) >= 11 is 1.60. The zero-order valence-electron chi connectivity index (χ0n) is 14.5. The van der Waals surface area contributed by atoms with E-state index >= 15 is 0 Å². The number of aromatic nitrogens is 3. The highest BCUT2D eigenvalue weighted by Crippen LogP contribution is 2.27. The van der Waals surface area contributed by atoms with Gasteiger partial charge in [-0.25, -0.2) is 4.98 Å². The van der Waals surface area contributed by atoms with Crippen molar-refractivity contribution in [1.29, 1.82) is 0 Å². The Morgan fingerprint density at radius 1 is 1.22 bits per heavy atom. The van der Waals surface area contributed by atoms with Crippen molar-refractivity contribution in [2.24, 2.45) is 0 Å². The minimum atomic E-state index is -4.51. The highest BCUT2D eigenvalue weighted by atomic mass is 32.1. The second-order valence-electron chi connectivity index (χ2n) is 5.94. The maximum Gasteiger partial charge on any atom is 0.435 e.